The van der Waals surface area contributed by atoms with E-state index in [1.54, 1.807) is 7.05 Å². The zero-order valence-electron chi connectivity index (χ0n) is 18.8. The molecule has 1 N–H and O–H groups in total. The SMILES string of the molecule is Cn1cc(C(=O)NC2CCc3ccccc32)c(S(=O)(=O)N2CCN(c3ccc(Cl)cc3)CC2)n1. The highest BCUT2D eigenvalue weighted by Gasteiger charge is 2.35. The molecule has 2 aromatic carbocycles. The van der Waals surface area contributed by atoms with Crippen LogP contribution in [0.2, 0.25) is 5.02 Å². The van der Waals surface area contributed by atoms with Gasteiger partial charge in [-0.05, 0) is 48.2 Å². The van der Waals surface area contributed by atoms with Gasteiger partial charge in [0.2, 0.25) is 5.03 Å². The Labute approximate surface area is 204 Å². The highest BCUT2D eigenvalue weighted by molar-refractivity contribution is 7.89. The van der Waals surface area contributed by atoms with Crippen LogP contribution in [0.1, 0.15) is 33.9 Å². The topological polar surface area (TPSA) is 87.5 Å². The van der Waals surface area contributed by atoms with Gasteiger partial charge >= 0.3 is 0 Å². The molecule has 1 aromatic heterocycles. The lowest BCUT2D eigenvalue weighted by Crippen LogP contribution is -2.49. The fraction of sp³-hybridized carbons (Fsp3) is 0.333. The second-order valence-electron chi connectivity index (χ2n) is 8.65. The lowest BCUT2D eigenvalue weighted by atomic mass is 10.1. The summed E-state index contributed by atoms with van der Waals surface area (Å²) < 4.78 is 29.8. The lowest BCUT2D eigenvalue weighted by Gasteiger charge is -2.35. The molecule has 1 aliphatic carbocycles. The van der Waals surface area contributed by atoms with Crippen molar-refractivity contribution in [2.45, 2.75) is 23.9 Å². The number of sulfonamides is 1. The number of rotatable bonds is 5. The van der Waals surface area contributed by atoms with Crippen molar-refractivity contribution >= 4 is 33.2 Å². The second-order valence-corrected chi connectivity index (χ2v) is 10.9. The number of anilines is 1. The van der Waals surface area contributed by atoms with Crippen LogP contribution in [0.4, 0.5) is 5.69 Å². The molecular formula is C24H26ClN5O3S. The molecule has 8 nitrogen and oxygen atoms in total. The van der Waals surface area contributed by atoms with Gasteiger partial charge in [-0.25, -0.2) is 8.42 Å². The van der Waals surface area contributed by atoms with E-state index in [-0.39, 0.29) is 16.6 Å². The molecule has 1 fully saturated rings. The first-order valence-corrected chi connectivity index (χ1v) is 13.1. The van der Waals surface area contributed by atoms with Gasteiger partial charge in [0.05, 0.1) is 11.6 Å². The molecule has 0 radical (unpaired) electrons. The molecule has 178 valence electrons. The number of benzene rings is 2. The van der Waals surface area contributed by atoms with Gasteiger partial charge in [0.25, 0.3) is 15.9 Å². The number of amides is 1. The van der Waals surface area contributed by atoms with Crippen molar-refractivity contribution in [3.63, 3.8) is 0 Å². The van der Waals surface area contributed by atoms with Gasteiger partial charge in [-0.15, -0.1) is 0 Å². The van der Waals surface area contributed by atoms with Gasteiger partial charge in [-0.1, -0.05) is 35.9 Å². The number of hydrogen-bond donors (Lipinski definition) is 1. The van der Waals surface area contributed by atoms with Crippen molar-refractivity contribution in [1.29, 1.82) is 0 Å². The van der Waals surface area contributed by atoms with Crippen molar-refractivity contribution in [2.24, 2.45) is 7.05 Å². The van der Waals surface area contributed by atoms with E-state index >= 15 is 0 Å². The molecule has 1 unspecified atom stereocenters. The van der Waals surface area contributed by atoms with Crippen LogP contribution in [0.3, 0.4) is 0 Å². The Balaban J connectivity index is 1.32. The lowest BCUT2D eigenvalue weighted by molar-refractivity contribution is 0.0933. The summed E-state index contributed by atoms with van der Waals surface area (Å²) in [5.41, 5.74) is 3.37. The Bertz CT molecular complexity index is 1310. The van der Waals surface area contributed by atoms with E-state index < -0.39 is 15.9 Å². The number of fused-ring (bicyclic) bond motifs is 1. The summed E-state index contributed by atoms with van der Waals surface area (Å²) >= 11 is 5.97. The van der Waals surface area contributed by atoms with Crippen molar-refractivity contribution in [2.75, 3.05) is 31.1 Å². The first-order chi connectivity index (χ1) is 16.3. The number of carbonyl (C=O) groups is 1. The molecule has 1 aliphatic heterocycles. The molecule has 0 bridgehead atoms. The van der Waals surface area contributed by atoms with E-state index in [1.807, 2.05) is 42.5 Å². The molecule has 1 saturated heterocycles. The van der Waals surface area contributed by atoms with Crippen LogP contribution in [0.5, 0.6) is 0 Å². The Hall–Kier alpha value is -2.88. The van der Waals surface area contributed by atoms with Crippen LogP contribution >= 0.6 is 11.6 Å². The minimum atomic E-state index is -3.93. The van der Waals surface area contributed by atoms with Gasteiger partial charge in [-0.2, -0.15) is 9.40 Å². The molecule has 5 rings (SSSR count). The Kier molecular flexibility index (Phi) is 6.09. The van der Waals surface area contributed by atoms with Crippen LogP contribution in [-0.2, 0) is 23.5 Å². The summed E-state index contributed by atoms with van der Waals surface area (Å²) in [7, 11) is -2.31. The summed E-state index contributed by atoms with van der Waals surface area (Å²) in [5, 5.41) is 7.66. The highest BCUT2D eigenvalue weighted by atomic mass is 35.5. The number of hydrogen-bond acceptors (Lipinski definition) is 5. The third-order valence-corrected chi connectivity index (χ3v) is 8.58. The average molecular weight is 500 g/mol. The maximum absolute atomic E-state index is 13.5. The molecule has 0 saturated carbocycles. The zero-order chi connectivity index (χ0) is 23.9. The van der Waals surface area contributed by atoms with E-state index in [9.17, 15) is 13.2 Å². The van der Waals surface area contributed by atoms with Gasteiger partial charge in [0.1, 0.15) is 0 Å². The third-order valence-electron chi connectivity index (χ3n) is 6.49. The number of aromatic nitrogens is 2. The molecule has 3 aromatic rings. The summed E-state index contributed by atoms with van der Waals surface area (Å²) in [4.78, 5) is 15.3. The zero-order valence-corrected chi connectivity index (χ0v) is 20.4. The number of nitrogens with one attached hydrogen (secondary N) is 1. The van der Waals surface area contributed by atoms with Gasteiger partial charge in [0, 0.05) is 50.1 Å². The van der Waals surface area contributed by atoms with E-state index in [0.717, 1.165) is 24.1 Å². The number of nitrogens with zero attached hydrogens (tertiary/aromatic N) is 4. The van der Waals surface area contributed by atoms with Crippen molar-refractivity contribution in [3.05, 3.63) is 76.4 Å². The molecule has 10 heteroatoms. The maximum Gasteiger partial charge on any atom is 0.263 e. The molecule has 34 heavy (non-hydrogen) atoms. The quantitative estimate of drug-likeness (QED) is 0.583. The predicted octanol–water partition coefficient (Wildman–Crippen LogP) is 3.00. The fourth-order valence-electron chi connectivity index (χ4n) is 4.72. The van der Waals surface area contributed by atoms with Crippen molar-refractivity contribution < 1.29 is 13.2 Å². The normalized spacial score (nSPS) is 18.6. The van der Waals surface area contributed by atoms with Crippen molar-refractivity contribution in [3.8, 4) is 0 Å². The molecule has 2 aliphatic rings. The Morgan fingerprint density at radius 2 is 1.76 bits per heavy atom. The van der Waals surface area contributed by atoms with E-state index in [0.29, 0.717) is 31.2 Å². The number of carbonyl (C=O) groups excluding carboxylic acids is 1. The number of halogens is 1. The minimum absolute atomic E-state index is 0.0759. The molecule has 2 heterocycles. The van der Waals surface area contributed by atoms with E-state index in [1.165, 1.54) is 20.7 Å². The monoisotopic (exact) mass is 499 g/mol. The van der Waals surface area contributed by atoms with E-state index in [4.69, 9.17) is 11.6 Å². The van der Waals surface area contributed by atoms with E-state index in [2.05, 4.69) is 21.4 Å². The van der Waals surface area contributed by atoms with Crippen molar-refractivity contribution in [1.82, 2.24) is 19.4 Å². The summed E-state index contributed by atoms with van der Waals surface area (Å²) in [5.74, 6) is -0.423. The number of aryl methyl sites for hydroxylation is 2. The largest absolute Gasteiger partial charge is 0.369 e. The van der Waals surface area contributed by atoms with Gasteiger partial charge in [-0.3, -0.25) is 9.48 Å². The first-order valence-electron chi connectivity index (χ1n) is 11.3. The van der Waals surface area contributed by atoms with Gasteiger partial charge in [0.15, 0.2) is 0 Å². The van der Waals surface area contributed by atoms with Crippen LogP contribution in [0.25, 0.3) is 0 Å². The standard InChI is InChI=1S/C24H26ClN5O3S/c1-28-16-21(23(31)26-22-11-6-17-4-2-3-5-20(17)22)24(27-28)34(32,33)30-14-12-29(13-15-30)19-9-7-18(25)8-10-19/h2-5,7-10,16,22H,6,11-15H2,1H3,(H,26,31). The average Bonchev–Trinajstić information content (AvgIpc) is 3.44. The minimum Gasteiger partial charge on any atom is -0.369 e. The maximum atomic E-state index is 13.5. The molecular weight excluding hydrogens is 474 g/mol. The van der Waals surface area contributed by atoms with Crippen LogP contribution in [0.15, 0.2) is 59.8 Å². The summed E-state index contributed by atoms with van der Waals surface area (Å²) in [6.07, 6.45) is 3.16. The fourth-order valence-corrected chi connectivity index (χ4v) is 6.39. The third kappa shape index (κ3) is 4.31. The summed E-state index contributed by atoms with van der Waals surface area (Å²) in [6, 6.07) is 15.4. The summed E-state index contributed by atoms with van der Waals surface area (Å²) in [6.45, 7) is 1.68. The smallest absolute Gasteiger partial charge is 0.263 e. The van der Waals surface area contributed by atoms with Crippen LogP contribution in [0, 0.1) is 0 Å². The molecule has 1 atom stereocenters. The molecule has 0 spiro atoms. The second kappa shape index (κ2) is 9.05. The van der Waals surface area contributed by atoms with Crippen LogP contribution in [-0.4, -0.2) is 54.6 Å². The molecule has 1 amide bonds. The number of piperazine rings is 1. The Morgan fingerprint density at radius 3 is 2.50 bits per heavy atom. The highest BCUT2D eigenvalue weighted by Crippen LogP contribution is 2.31. The Morgan fingerprint density at radius 1 is 1.06 bits per heavy atom. The first kappa shape index (κ1) is 22.9. The van der Waals surface area contributed by atoms with Crippen LogP contribution < -0.4 is 10.2 Å². The van der Waals surface area contributed by atoms with Gasteiger partial charge < -0.3 is 10.2 Å². The predicted molar refractivity (Wildman–Crippen MR) is 131 cm³/mol.